The van der Waals surface area contributed by atoms with Gasteiger partial charge in [0.2, 0.25) is 0 Å². The summed E-state index contributed by atoms with van der Waals surface area (Å²) in [4.78, 5) is 0. The lowest BCUT2D eigenvalue weighted by molar-refractivity contribution is 0.579. The van der Waals surface area contributed by atoms with Crippen LogP contribution < -0.4 is 0 Å². The molecule has 0 aliphatic carbocycles. The molecule has 0 amide bonds. The van der Waals surface area contributed by atoms with Gasteiger partial charge < -0.3 is 0 Å². The van der Waals surface area contributed by atoms with Gasteiger partial charge >= 0.3 is 0 Å². The Morgan fingerprint density at radius 2 is 1.47 bits per heavy atom. The Morgan fingerprint density at radius 1 is 0.867 bits per heavy atom. The van der Waals surface area contributed by atoms with E-state index < -0.39 is 0 Å². The predicted molar refractivity (Wildman–Crippen MR) is 69.8 cm³/mol. The Morgan fingerprint density at radius 3 is 2.07 bits per heavy atom. The third-order valence-electron chi connectivity index (χ3n) is 2.51. The molecule has 0 unspecified atom stereocenters. The zero-order valence-electron chi connectivity index (χ0n) is 10.5. The first-order valence-electron chi connectivity index (χ1n) is 6.51. The van der Waals surface area contributed by atoms with E-state index in [0.29, 0.717) is 0 Å². The smallest absolute Gasteiger partial charge is 0.00922 e. The molecule has 86 valence electrons. The first-order chi connectivity index (χ1) is 7.41. The largest absolute Gasteiger partial charge is 0.0985 e. The number of hydrogen-bond acceptors (Lipinski definition) is 0. The fourth-order valence-corrected chi connectivity index (χ4v) is 1.56. The number of allylic oxidation sites excluding steroid dienone is 2. The summed E-state index contributed by atoms with van der Waals surface area (Å²) in [5.41, 5.74) is 0. The average Bonchev–Trinajstić information content (AvgIpc) is 2.26. The van der Waals surface area contributed by atoms with Crippen LogP contribution in [0.4, 0.5) is 0 Å². The highest BCUT2D eigenvalue weighted by molar-refractivity contribution is 5.14. The zero-order valence-corrected chi connectivity index (χ0v) is 10.5. The lowest BCUT2D eigenvalue weighted by Gasteiger charge is -1.98. The van der Waals surface area contributed by atoms with Crippen molar-refractivity contribution in [2.75, 3.05) is 0 Å². The van der Waals surface area contributed by atoms with Crippen LogP contribution in [0.25, 0.3) is 0 Å². The number of unbranched alkanes of at least 4 members (excludes halogenated alkanes) is 8. The van der Waals surface area contributed by atoms with Crippen LogP contribution >= 0.6 is 0 Å². The van der Waals surface area contributed by atoms with Crippen molar-refractivity contribution < 1.29 is 0 Å². The molecule has 0 heterocycles. The zero-order chi connectivity index (χ0) is 11.2. The van der Waals surface area contributed by atoms with Crippen LogP contribution in [0.3, 0.4) is 0 Å². The Kier molecular flexibility index (Phi) is 12.7. The van der Waals surface area contributed by atoms with E-state index in [-0.39, 0.29) is 0 Å². The molecule has 0 heteroatoms. The van der Waals surface area contributed by atoms with Crippen LogP contribution in [0, 0.1) is 11.8 Å². The van der Waals surface area contributed by atoms with Gasteiger partial charge in [-0.1, -0.05) is 69.8 Å². The van der Waals surface area contributed by atoms with Gasteiger partial charge in [0, 0.05) is 6.42 Å². The molecule has 0 spiro atoms. The average molecular weight is 206 g/mol. The van der Waals surface area contributed by atoms with Gasteiger partial charge in [-0.25, -0.2) is 0 Å². The Hall–Kier alpha value is -0.700. The normalized spacial score (nSPS) is 10.3. The summed E-state index contributed by atoms with van der Waals surface area (Å²) in [5.74, 6) is 6.18. The summed E-state index contributed by atoms with van der Waals surface area (Å²) in [5, 5.41) is 0. The molecular weight excluding hydrogens is 180 g/mol. The Balaban J connectivity index is 3.02. The molecule has 0 atom stereocenters. The minimum atomic E-state index is 1.07. The highest BCUT2D eigenvalue weighted by Gasteiger charge is 1.89. The maximum Gasteiger partial charge on any atom is 0.00922 e. The molecule has 0 saturated heterocycles. The van der Waals surface area contributed by atoms with Crippen molar-refractivity contribution in [2.24, 2.45) is 0 Å². The van der Waals surface area contributed by atoms with E-state index in [0.717, 1.165) is 6.42 Å². The van der Waals surface area contributed by atoms with Gasteiger partial charge in [0.15, 0.2) is 0 Å². The quantitative estimate of drug-likeness (QED) is 0.383. The van der Waals surface area contributed by atoms with Crippen molar-refractivity contribution in [3.63, 3.8) is 0 Å². The summed E-state index contributed by atoms with van der Waals surface area (Å²) >= 11 is 0. The van der Waals surface area contributed by atoms with Crippen LogP contribution in [0.1, 0.15) is 71.6 Å². The molecule has 0 aromatic heterocycles. The van der Waals surface area contributed by atoms with E-state index in [2.05, 4.69) is 18.8 Å². The van der Waals surface area contributed by atoms with Gasteiger partial charge in [0.05, 0.1) is 0 Å². The van der Waals surface area contributed by atoms with Crippen molar-refractivity contribution >= 4 is 0 Å². The first-order valence-corrected chi connectivity index (χ1v) is 6.51. The maximum atomic E-state index is 3.16. The monoisotopic (exact) mass is 206 g/mol. The molecule has 0 saturated carbocycles. The molecule has 0 aliphatic heterocycles. The summed E-state index contributed by atoms with van der Waals surface area (Å²) in [6.45, 7) is 4.27. The van der Waals surface area contributed by atoms with Crippen molar-refractivity contribution in [1.29, 1.82) is 0 Å². The lowest BCUT2D eigenvalue weighted by atomic mass is 10.1. The van der Waals surface area contributed by atoms with Crippen LogP contribution in [-0.4, -0.2) is 0 Å². The molecule has 15 heavy (non-hydrogen) atoms. The van der Waals surface area contributed by atoms with Crippen LogP contribution in [0.15, 0.2) is 12.2 Å². The maximum absolute atomic E-state index is 3.16. The predicted octanol–water partition coefficient (Wildman–Crippen LogP) is 5.10. The minimum Gasteiger partial charge on any atom is -0.0985 e. The molecule has 0 nitrogen and oxygen atoms in total. The second-order valence-corrected chi connectivity index (χ2v) is 4.05. The second kappa shape index (κ2) is 13.3. The summed E-state index contributed by atoms with van der Waals surface area (Å²) in [6, 6.07) is 0. The van der Waals surface area contributed by atoms with Gasteiger partial charge in [-0.3, -0.25) is 0 Å². The third kappa shape index (κ3) is 13.3. The van der Waals surface area contributed by atoms with Crippen LogP contribution in [0.5, 0.6) is 0 Å². The first kappa shape index (κ1) is 14.3. The topological polar surface area (TPSA) is 0 Å². The van der Waals surface area contributed by atoms with Gasteiger partial charge in [0.25, 0.3) is 0 Å². The summed E-state index contributed by atoms with van der Waals surface area (Å²) < 4.78 is 0. The third-order valence-corrected chi connectivity index (χ3v) is 2.51. The van der Waals surface area contributed by atoms with Crippen molar-refractivity contribution in [3.05, 3.63) is 12.2 Å². The van der Waals surface area contributed by atoms with Crippen molar-refractivity contribution in [3.8, 4) is 11.8 Å². The molecule has 0 aliphatic rings. The van der Waals surface area contributed by atoms with Gasteiger partial charge in [0.1, 0.15) is 0 Å². The Labute approximate surface area is 96.2 Å². The van der Waals surface area contributed by atoms with Crippen LogP contribution in [0.2, 0.25) is 0 Å². The van der Waals surface area contributed by atoms with Crippen LogP contribution in [-0.2, 0) is 0 Å². The number of rotatable bonds is 8. The lowest BCUT2D eigenvalue weighted by Crippen LogP contribution is -1.79. The van der Waals surface area contributed by atoms with E-state index >= 15 is 0 Å². The SMILES string of the molecule is CC=CC#CCCCCCCCCCC. The van der Waals surface area contributed by atoms with E-state index in [9.17, 15) is 0 Å². The molecule has 0 rings (SSSR count). The van der Waals surface area contributed by atoms with Crippen molar-refractivity contribution in [1.82, 2.24) is 0 Å². The van der Waals surface area contributed by atoms with E-state index in [1.165, 1.54) is 51.4 Å². The summed E-state index contributed by atoms with van der Waals surface area (Å²) in [7, 11) is 0. The fraction of sp³-hybridized carbons (Fsp3) is 0.733. The molecule has 0 bridgehead atoms. The van der Waals surface area contributed by atoms with E-state index in [4.69, 9.17) is 0 Å². The Bertz CT molecular complexity index is 190. The van der Waals surface area contributed by atoms with Gasteiger partial charge in [-0.05, 0) is 19.4 Å². The number of hydrogen-bond donors (Lipinski definition) is 0. The fourth-order valence-electron chi connectivity index (χ4n) is 1.56. The van der Waals surface area contributed by atoms with E-state index in [1.54, 1.807) is 0 Å². The molecular formula is C15H26. The molecule has 0 N–H and O–H groups in total. The van der Waals surface area contributed by atoms with Gasteiger partial charge in [-0.2, -0.15) is 0 Å². The molecule has 0 aromatic rings. The van der Waals surface area contributed by atoms with Gasteiger partial charge in [-0.15, -0.1) is 0 Å². The highest BCUT2D eigenvalue weighted by atomic mass is 14.0. The van der Waals surface area contributed by atoms with E-state index in [1.807, 2.05) is 19.1 Å². The second-order valence-electron chi connectivity index (χ2n) is 4.05. The molecule has 0 radical (unpaired) electrons. The summed E-state index contributed by atoms with van der Waals surface area (Å²) in [6.07, 6.45) is 16.0. The molecule has 0 aromatic carbocycles. The molecule has 0 fully saturated rings. The van der Waals surface area contributed by atoms with Crippen molar-refractivity contribution in [2.45, 2.75) is 71.6 Å². The highest BCUT2D eigenvalue weighted by Crippen LogP contribution is 2.08. The standard InChI is InChI=1S/C15H26/c1-3-5-7-9-11-13-15-14-12-10-8-6-4-2/h3,5H,4,6,8,10-15H2,1-2H3. The minimum absolute atomic E-state index is 1.07.